The minimum absolute atomic E-state index is 0.174. The Labute approximate surface area is 88.8 Å². The van der Waals surface area contributed by atoms with Crippen molar-refractivity contribution in [1.82, 2.24) is 4.98 Å². The quantitative estimate of drug-likeness (QED) is 0.823. The molecule has 2 unspecified atom stereocenters. The average Bonchev–Trinajstić information content (AvgIpc) is 2.72. The van der Waals surface area contributed by atoms with Gasteiger partial charge in [-0.05, 0) is 48.0 Å². The smallest absolute Gasteiger partial charge is 0.0616 e. The van der Waals surface area contributed by atoms with E-state index in [1.54, 1.807) is 12.4 Å². The highest BCUT2D eigenvalue weighted by Crippen LogP contribution is 2.27. The fourth-order valence-corrected chi connectivity index (χ4v) is 3.11. The summed E-state index contributed by atoms with van der Waals surface area (Å²) in [5.74, 6) is 2.82. The Morgan fingerprint density at radius 3 is 2.93 bits per heavy atom. The lowest BCUT2D eigenvalue weighted by atomic mass is 9.96. The molecule has 76 valence electrons. The van der Waals surface area contributed by atoms with E-state index < -0.39 is 0 Å². The van der Waals surface area contributed by atoms with E-state index in [0.29, 0.717) is 5.92 Å². The highest BCUT2D eigenvalue weighted by molar-refractivity contribution is 7.99. The van der Waals surface area contributed by atoms with Crippen LogP contribution in [0.5, 0.6) is 0 Å². The first kappa shape index (κ1) is 9.99. The molecule has 1 N–H and O–H groups in total. The molecule has 0 saturated carbocycles. The number of thioether (sulfide) groups is 1. The molecule has 2 heterocycles. The Kier molecular flexibility index (Phi) is 3.43. The van der Waals surface area contributed by atoms with Gasteiger partial charge >= 0.3 is 0 Å². The van der Waals surface area contributed by atoms with E-state index in [2.05, 4.69) is 4.98 Å². The fraction of sp³-hybridized carbons (Fsp3) is 0.545. The first-order valence-electron chi connectivity index (χ1n) is 5.01. The van der Waals surface area contributed by atoms with Crippen molar-refractivity contribution in [1.29, 1.82) is 0 Å². The second kappa shape index (κ2) is 4.80. The van der Waals surface area contributed by atoms with Crippen LogP contribution in [0.25, 0.3) is 0 Å². The van der Waals surface area contributed by atoms with Crippen LogP contribution in [0.3, 0.4) is 0 Å². The Balaban J connectivity index is 1.90. The number of pyridine rings is 1. The van der Waals surface area contributed by atoms with Gasteiger partial charge in [0, 0.05) is 12.4 Å². The predicted octanol–water partition coefficient (Wildman–Crippen LogP) is 1.74. The molecular weight excluding hydrogens is 194 g/mol. The molecular formula is C11H15NOS. The molecule has 0 spiro atoms. The highest BCUT2D eigenvalue weighted by Gasteiger charge is 2.23. The number of hydrogen-bond donors (Lipinski definition) is 1. The summed E-state index contributed by atoms with van der Waals surface area (Å²) in [6.07, 6.45) is 5.33. The lowest BCUT2D eigenvalue weighted by molar-refractivity contribution is 0.120. The molecule has 1 aliphatic rings. The van der Waals surface area contributed by atoms with Crippen LogP contribution in [0.4, 0.5) is 0 Å². The van der Waals surface area contributed by atoms with Gasteiger partial charge < -0.3 is 5.11 Å². The second-order valence-electron chi connectivity index (χ2n) is 3.75. The zero-order valence-electron chi connectivity index (χ0n) is 8.10. The van der Waals surface area contributed by atoms with Crippen molar-refractivity contribution in [2.24, 2.45) is 5.92 Å². The third-order valence-electron chi connectivity index (χ3n) is 2.70. The minimum Gasteiger partial charge on any atom is -0.392 e. The van der Waals surface area contributed by atoms with Gasteiger partial charge in [-0.25, -0.2) is 0 Å². The van der Waals surface area contributed by atoms with E-state index in [0.717, 1.165) is 18.6 Å². The molecule has 14 heavy (non-hydrogen) atoms. The van der Waals surface area contributed by atoms with Gasteiger partial charge in [-0.1, -0.05) is 0 Å². The largest absolute Gasteiger partial charge is 0.392 e. The maximum absolute atomic E-state index is 9.97. The molecule has 0 aromatic carbocycles. The summed E-state index contributed by atoms with van der Waals surface area (Å²) >= 11 is 1.95. The van der Waals surface area contributed by atoms with Crippen LogP contribution in [0.2, 0.25) is 0 Å². The van der Waals surface area contributed by atoms with Gasteiger partial charge in [0.25, 0.3) is 0 Å². The standard InChI is InChI=1S/C11H15NOS/c13-11(10-3-6-14-8-10)7-9-1-4-12-5-2-9/h1-2,4-5,10-11,13H,3,6-8H2. The van der Waals surface area contributed by atoms with Crippen molar-refractivity contribution in [3.8, 4) is 0 Å². The van der Waals surface area contributed by atoms with Gasteiger partial charge in [0.2, 0.25) is 0 Å². The van der Waals surface area contributed by atoms with Crippen LogP contribution < -0.4 is 0 Å². The van der Waals surface area contributed by atoms with Gasteiger partial charge in [-0.2, -0.15) is 11.8 Å². The molecule has 1 saturated heterocycles. The van der Waals surface area contributed by atoms with Gasteiger partial charge in [-0.15, -0.1) is 0 Å². The molecule has 2 nitrogen and oxygen atoms in total. The maximum Gasteiger partial charge on any atom is 0.0616 e. The Morgan fingerprint density at radius 1 is 1.50 bits per heavy atom. The molecule has 1 fully saturated rings. The molecule has 3 heteroatoms. The molecule has 2 rings (SSSR count). The molecule has 1 aromatic rings. The van der Waals surface area contributed by atoms with E-state index in [1.807, 2.05) is 23.9 Å². The molecule has 0 bridgehead atoms. The summed E-state index contributed by atoms with van der Waals surface area (Å²) in [5, 5.41) is 9.97. The van der Waals surface area contributed by atoms with Crippen molar-refractivity contribution >= 4 is 11.8 Å². The second-order valence-corrected chi connectivity index (χ2v) is 4.90. The first-order chi connectivity index (χ1) is 6.86. The van der Waals surface area contributed by atoms with E-state index in [-0.39, 0.29) is 6.10 Å². The summed E-state index contributed by atoms with van der Waals surface area (Å²) in [5.41, 5.74) is 1.18. The third-order valence-corrected chi connectivity index (χ3v) is 3.89. The summed E-state index contributed by atoms with van der Waals surface area (Å²) in [4.78, 5) is 3.96. The molecule has 0 amide bonds. The van der Waals surface area contributed by atoms with Crippen LogP contribution >= 0.6 is 11.8 Å². The molecule has 1 aromatic heterocycles. The van der Waals surface area contributed by atoms with Gasteiger partial charge in [0.1, 0.15) is 0 Å². The summed E-state index contributed by atoms with van der Waals surface area (Å²) in [6.45, 7) is 0. The Morgan fingerprint density at radius 2 is 2.29 bits per heavy atom. The van der Waals surface area contributed by atoms with Crippen molar-refractivity contribution < 1.29 is 5.11 Å². The molecule has 2 atom stereocenters. The Bertz CT molecular complexity index is 272. The predicted molar refractivity (Wildman–Crippen MR) is 59.4 cm³/mol. The normalized spacial score (nSPS) is 23.6. The van der Waals surface area contributed by atoms with Crippen molar-refractivity contribution in [2.75, 3.05) is 11.5 Å². The van der Waals surface area contributed by atoms with Crippen molar-refractivity contribution in [2.45, 2.75) is 18.9 Å². The van der Waals surface area contributed by atoms with Crippen LogP contribution in [-0.2, 0) is 6.42 Å². The van der Waals surface area contributed by atoms with Crippen molar-refractivity contribution in [3.63, 3.8) is 0 Å². The summed E-state index contributed by atoms with van der Waals surface area (Å²) in [7, 11) is 0. The number of hydrogen-bond acceptors (Lipinski definition) is 3. The van der Waals surface area contributed by atoms with Gasteiger partial charge in [0.15, 0.2) is 0 Å². The highest BCUT2D eigenvalue weighted by atomic mass is 32.2. The minimum atomic E-state index is -0.174. The zero-order valence-corrected chi connectivity index (χ0v) is 8.91. The number of aliphatic hydroxyl groups excluding tert-OH is 1. The topological polar surface area (TPSA) is 33.1 Å². The van der Waals surface area contributed by atoms with Gasteiger partial charge in [0.05, 0.1) is 6.10 Å². The summed E-state index contributed by atoms with van der Waals surface area (Å²) < 4.78 is 0. The average molecular weight is 209 g/mol. The number of rotatable bonds is 3. The third kappa shape index (κ3) is 2.49. The van der Waals surface area contributed by atoms with Crippen LogP contribution in [0.15, 0.2) is 24.5 Å². The van der Waals surface area contributed by atoms with E-state index in [4.69, 9.17) is 0 Å². The number of nitrogens with zero attached hydrogens (tertiary/aromatic N) is 1. The lowest BCUT2D eigenvalue weighted by Crippen LogP contribution is -2.22. The number of aromatic nitrogens is 1. The first-order valence-corrected chi connectivity index (χ1v) is 6.16. The van der Waals surface area contributed by atoms with E-state index in [1.165, 1.54) is 11.3 Å². The fourth-order valence-electron chi connectivity index (χ4n) is 1.78. The summed E-state index contributed by atoms with van der Waals surface area (Å²) in [6, 6.07) is 3.95. The monoisotopic (exact) mass is 209 g/mol. The molecule has 0 radical (unpaired) electrons. The lowest BCUT2D eigenvalue weighted by Gasteiger charge is -2.16. The SMILES string of the molecule is OC(Cc1ccncc1)C1CCSC1. The maximum atomic E-state index is 9.97. The van der Waals surface area contributed by atoms with Crippen LogP contribution in [0.1, 0.15) is 12.0 Å². The van der Waals surface area contributed by atoms with Crippen LogP contribution in [-0.4, -0.2) is 27.7 Å². The Hall–Kier alpha value is -0.540. The van der Waals surface area contributed by atoms with Crippen LogP contribution in [0, 0.1) is 5.92 Å². The van der Waals surface area contributed by atoms with E-state index in [9.17, 15) is 5.11 Å². The zero-order chi connectivity index (χ0) is 9.80. The van der Waals surface area contributed by atoms with Gasteiger partial charge in [-0.3, -0.25) is 4.98 Å². The number of aliphatic hydroxyl groups is 1. The van der Waals surface area contributed by atoms with Crippen molar-refractivity contribution in [3.05, 3.63) is 30.1 Å². The van der Waals surface area contributed by atoms with E-state index >= 15 is 0 Å². The molecule has 0 aliphatic carbocycles. The molecule has 1 aliphatic heterocycles.